The maximum absolute atomic E-state index is 11.5. The number of carbonyl (C=O) groups is 1. The fraction of sp³-hybridized carbons (Fsp3) is 0.393. The fourth-order valence-electron chi connectivity index (χ4n) is 6.23. The molecular formula is C28H33N3O3. The zero-order valence-corrected chi connectivity index (χ0v) is 20.2. The van der Waals surface area contributed by atoms with Gasteiger partial charge in [-0.05, 0) is 68.5 Å². The standard InChI is InChI=1S/C28H33N3O3/c1-18(2)31-14-11-28(21-7-5-20(6-8-21)27(32)33)16-22(31)10-13-30(28)17-24-23-9-12-29-26(23)19(3)15-25(24)34-4/h5-9,12,15,22,29H,1,10-11,13-14,16-17H2,2-4H3,(H,32,33). The molecule has 3 aromatic rings. The Balaban J connectivity index is 1.58. The van der Waals surface area contributed by atoms with Crippen molar-refractivity contribution < 1.29 is 14.6 Å². The molecule has 2 N–H and O–H groups in total. The van der Waals surface area contributed by atoms with Crippen LogP contribution in [0.15, 0.2) is 54.9 Å². The number of hydrogen-bond acceptors (Lipinski definition) is 4. The average Bonchev–Trinajstić information content (AvgIpc) is 3.33. The number of nitrogens with one attached hydrogen (secondary N) is 1. The van der Waals surface area contributed by atoms with E-state index in [0.717, 1.165) is 55.9 Å². The lowest BCUT2D eigenvalue weighted by Crippen LogP contribution is -2.60. The molecule has 0 spiro atoms. The van der Waals surface area contributed by atoms with E-state index in [1.165, 1.54) is 22.1 Å². The molecule has 1 aromatic heterocycles. The van der Waals surface area contributed by atoms with Gasteiger partial charge in [-0.25, -0.2) is 4.79 Å². The van der Waals surface area contributed by atoms with Crippen molar-refractivity contribution in [3.63, 3.8) is 0 Å². The highest BCUT2D eigenvalue weighted by atomic mass is 16.5. The summed E-state index contributed by atoms with van der Waals surface area (Å²) in [4.78, 5) is 19.9. The number of piperidine rings is 2. The third-order valence-corrected chi connectivity index (χ3v) is 7.96. The summed E-state index contributed by atoms with van der Waals surface area (Å²) in [6.45, 7) is 11.1. The number of aromatic carboxylic acids is 1. The molecule has 6 nitrogen and oxygen atoms in total. The molecule has 2 saturated heterocycles. The van der Waals surface area contributed by atoms with Gasteiger partial charge in [0.05, 0.1) is 18.2 Å². The first-order chi connectivity index (χ1) is 16.3. The normalized spacial score (nSPS) is 22.7. The molecule has 0 saturated carbocycles. The van der Waals surface area contributed by atoms with Gasteiger partial charge < -0.3 is 19.7 Å². The SMILES string of the molecule is C=C(C)N1CCC2(c3ccc(C(=O)O)cc3)CC1CCN2Cc1c(OC)cc(C)c2[nH]ccc12. The predicted octanol–water partition coefficient (Wildman–Crippen LogP) is 5.28. The highest BCUT2D eigenvalue weighted by Crippen LogP contribution is 2.48. The molecular weight excluding hydrogens is 426 g/mol. The van der Waals surface area contributed by atoms with Crippen LogP contribution in [0, 0.1) is 6.92 Å². The number of nitrogens with zero attached hydrogens (tertiary/aromatic N) is 2. The smallest absolute Gasteiger partial charge is 0.335 e. The van der Waals surface area contributed by atoms with Crippen LogP contribution < -0.4 is 4.74 Å². The molecule has 2 aromatic carbocycles. The lowest BCUT2D eigenvalue weighted by atomic mass is 9.72. The topological polar surface area (TPSA) is 68.8 Å². The Morgan fingerprint density at radius 2 is 2.03 bits per heavy atom. The van der Waals surface area contributed by atoms with Gasteiger partial charge in [0.2, 0.25) is 0 Å². The maximum atomic E-state index is 11.5. The molecule has 34 heavy (non-hydrogen) atoms. The van der Waals surface area contributed by atoms with Crippen molar-refractivity contribution in [3.8, 4) is 5.75 Å². The van der Waals surface area contributed by atoms with Crippen molar-refractivity contribution in [2.24, 2.45) is 0 Å². The van der Waals surface area contributed by atoms with Gasteiger partial charge in [-0.3, -0.25) is 4.90 Å². The summed E-state index contributed by atoms with van der Waals surface area (Å²) in [7, 11) is 1.74. The first-order valence-corrected chi connectivity index (χ1v) is 12.0. The Bertz CT molecular complexity index is 1250. The number of likely N-dealkylation sites (tertiary alicyclic amines) is 2. The second-order valence-corrected chi connectivity index (χ2v) is 9.80. The van der Waals surface area contributed by atoms with Gasteiger partial charge >= 0.3 is 5.97 Å². The number of benzene rings is 2. The van der Waals surface area contributed by atoms with E-state index in [0.29, 0.717) is 11.6 Å². The molecule has 5 rings (SSSR count). The summed E-state index contributed by atoms with van der Waals surface area (Å²) in [6, 6.07) is 12.2. The Hall–Kier alpha value is -3.25. The summed E-state index contributed by atoms with van der Waals surface area (Å²) in [6.07, 6.45) is 5.04. The Labute approximate surface area is 200 Å². The molecule has 2 atom stereocenters. The summed E-state index contributed by atoms with van der Waals surface area (Å²) in [5.74, 6) is 0.0289. The lowest BCUT2D eigenvalue weighted by Gasteiger charge is -2.57. The van der Waals surface area contributed by atoms with Crippen molar-refractivity contribution in [3.05, 3.63) is 77.1 Å². The van der Waals surface area contributed by atoms with E-state index in [-0.39, 0.29) is 5.54 Å². The molecule has 6 heteroatoms. The Morgan fingerprint density at radius 3 is 2.71 bits per heavy atom. The second kappa shape index (κ2) is 8.51. The molecule has 2 bridgehead atoms. The molecule has 2 aliphatic rings. The van der Waals surface area contributed by atoms with E-state index in [4.69, 9.17) is 4.74 Å². The monoisotopic (exact) mass is 459 g/mol. The molecule has 2 fully saturated rings. The third-order valence-electron chi connectivity index (χ3n) is 7.96. The predicted molar refractivity (Wildman–Crippen MR) is 134 cm³/mol. The van der Waals surface area contributed by atoms with Crippen molar-refractivity contribution in [2.45, 2.75) is 51.2 Å². The highest BCUT2D eigenvalue weighted by Gasteiger charge is 2.48. The molecule has 0 radical (unpaired) electrons. The number of carboxylic acids is 1. The minimum atomic E-state index is -0.890. The first-order valence-electron chi connectivity index (χ1n) is 12.0. The zero-order valence-electron chi connectivity index (χ0n) is 20.2. The van der Waals surface area contributed by atoms with Crippen LogP contribution >= 0.6 is 0 Å². The van der Waals surface area contributed by atoms with Crippen LogP contribution in [0.4, 0.5) is 0 Å². The number of aromatic nitrogens is 1. The van der Waals surface area contributed by atoms with Crippen LogP contribution in [-0.2, 0) is 12.1 Å². The molecule has 3 heterocycles. The average molecular weight is 460 g/mol. The Morgan fingerprint density at radius 1 is 1.26 bits per heavy atom. The number of carboxylic acid groups (broad SMARTS) is 1. The molecule has 0 amide bonds. The number of H-pyrrole nitrogens is 1. The van der Waals surface area contributed by atoms with E-state index in [1.54, 1.807) is 19.2 Å². The second-order valence-electron chi connectivity index (χ2n) is 9.80. The van der Waals surface area contributed by atoms with Gasteiger partial charge in [-0.1, -0.05) is 18.7 Å². The lowest BCUT2D eigenvalue weighted by molar-refractivity contribution is -0.0491. The Kier molecular flexibility index (Phi) is 5.64. The first kappa shape index (κ1) is 22.5. The largest absolute Gasteiger partial charge is 0.496 e. The summed E-state index contributed by atoms with van der Waals surface area (Å²) in [5, 5.41) is 10.6. The van der Waals surface area contributed by atoms with Gasteiger partial charge in [0.15, 0.2) is 0 Å². The third kappa shape index (κ3) is 3.57. The van der Waals surface area contributed by atoms with Gasteiger partial charge in [0.1, 0.15) is 5.75 Å². The number of aryl methyl sites for hydroxylation is 1. The van der Waals surface area contributed by atoms with Gasteiger partial charge in [0.25, 0.3) is 0 Å². The number of hydrogen-bond donors (Lipinski definition) is 2. The zero-order chi connectivity index (χ0) is 24.0. The molecule has 2 aliphatic heterocycles. The van der Waals surface area contributed by atoms with Gasteiger partial charge in [-0.15, -0.1) is 0 Å². The number of aromatic amines is 1. The molecule has 2 unspecified atom stereocenters. The summed E-state index contributed by atoms with van der Waals surface area (Å²) in [5.41, 5.74) is 6.02. The van der Waals surface area contributed by atoms with Crippen LogP contribution in [0.2, 0.25) is 0 Å². The summed E-state index contributed by atoms with van der Waals surface area (Å²) >= 11 is 0. The van der Waals surface area contributed by atoms with Crippen LogP contribution in [-0.4, -0.2) is 52.1 Å². The minimum Gasteiger partial charge on any atom is -0.496 e. The van der Waals surface area contributed by atoms with Crippen LogP contribution in [0.25, 0.3) is 10.9 Å². The van der Waals surface area contributed by atoms with E-state index >= 15 is 0 Å². The minimum absolute atomic E-state index is 0.162. The number of methoxy groups -OCH3 is 1. The maximum Gasteiger partial charge on any atom is 0.335 e. The molecule has 0 aliphatic carbocycles. The number of fused-ring (bicyclic) bond motifs is 3. The van der Waals surface area contributed by atoms with Crippen LogP contribution in [0.1, 0.15) is 53.2 Å². The van der Waals surface area contributed by atoms with E-state index in [9.17, 15) is 9.90 Å². The quantitative estimate of drug-likeness (QED) is 0.525. The van der Waals surface area contributed by atoms with Gasteiger partial charge in [-0.2, -0.15) is 0 Å². The fourth-order valence-corrected chi connectivity index (χ4v) is 6.23. The number of ether oxygens (including phenoxy) is 1. The van der Waals surface area contributed by atoms with Gasteiger partial charge in [0, 0.05) is 54.0 Å². The molecule has 178 valence electrons. The summed E-state index contributed by atoms with van der Waals surface area (Å²) < 4.78 is 5.85. The van der Waals surface area contributed by atoms with E-state index in [2.05, 4.69) is 47.3 Å². The van der Waals surface area contributed by atoms with E-state index < -0.39 is 5.97 Å². The van der Waals surface area contributed by atoms with Crippen molar-refractivity contribution in [1.82, 2.24) is 14.8 Å². The highest BCUT2D eigenvalue weighted by molar-refractivity contribution is 5.88. The van der Waals surface area contributed by atoms with Crippen molar-refractivity contribution in [1.29, 1.82) is 0 Å². The van der Waals surface area contributed by atoms with E-state index in [1.807, 2.05) is 18.3 Å². The van der Waals surface area contributed by atoms with Crippen molar-refractivity contribution >= 4 is 16.9 Å². The van der Waals surface area contributed by atoms with Crippen LogP contribution in [0.3, 0.4) is 0 Å². The van der Waals surface area contributed by atoms with Crippen LogP contribution in [0.5, 0.6) is 5.75 Å². The number of rotatable bonds is 6. The van der Waals surface area contributed by atoms with Crippen molar-refractivity contribution in [2.75, 3.05) is 20.2 Å². The number of allylic oxidation sites excluding steroid dienone is 1.